The van der Waals surface area contributed by atoms with Crippen molar-refractivity contribution in [2.45, 2.75) is 26.7 Å². The van der Waals surface area contributed by atoms with Crippen LogP contribution in [0.1, 0.15) is 26.7 Å². The zero-order chi connectivity index (χ0) is 12.9. The number of amides is 1. The second-order valence-corrected chi connectivity index (χ2v) is 4.10. The van der Waals surface area contributed by atoms with Gasteiger partial charge in [0.15, 0.2) is 5.82 Å². The molecule has 0 unspecified atom stereocenters. The molecule has 0 aliphatic heterocycles. The molecule has 0 aromatic carbocycles. The second-order valence-electron chi connectivity index (χ2n) is 3.69. The first-order valence-electron chi connectivity index (χ1n) is 5.43. The molecule has 90 valence electrons. The van der Waals surface area contributed by atoms with E-state index in [2.05, 4.69) is 16.4 Å². The summed E-state index contributed by atoms with van der Waals surface area (Å²) in [4.78, 5) is 16.0. The third kappa shape index (κ3) is 2.75. The van der Waals surface area contributed by atoms with E-state index < -0.39 is 5.41 Å². The Labute approximate surface area is 106 Å². The lowest BCUT2D eigenvalue weighted by molar-refractivity contribution is -0.123. The van der Waals surface area contributed by atoms with Gasteiger partial charge in [-0.05, 0) is 25.0 Å². The maximum absolute atomic E-state index is 12.0. The monoisotopic (exact) mass is 251 g/mol. The number of anilines is 1. The summed E-state index contributed by atoms with van der Waals surface area (Å²) in [6, 6.07) is 5.38. The number of hydrogen-bond acceptors (Lipinski definition) is 3. The van der Waals surface area contributed by atoms with E-state index in [0.717, 1.165) is 0 Å². The molecule has 1 amide bonds. The molecule has 0 fully saturated rings. The summed E-state index contributed by atoms with van der Waals surface area (Å²) in [6.45, 7) is 3.62. The number of nitrogens with zero attached hydrogens (tertiary/aromatic N) is 2. The average Bonchev–Trinajstić information content (AvgIpc) is 2.35. The first-order valence-corrected chi connectivity index (χ1v) is 5.80. The minimum absolute atomic E-state index is 0.292. The van der Waals surface area contributed by atoms with Crippen LogP contribution >= 0.6 is 11.6 Å². The smallest absolute Gasteiger partial charge is 0.246 e. The highest BCUT2D eigenvalue weighted by Crippen LogP contribution is 2.28. The van der Waals surface area contributed by atoms with Crippen LogP contribution in [0, 0.1) is 16.7 Å². The normalized spacial score (nSPS) is 10.7. The van der Waals surface area contributed by atoms with Crippen LogP contribution in [0.3, 0.4) is 0 Å². The predicted molar refractivity (Wildman–Crippen MR) is 66.5 cm³/mol. The Hall–Kier alpha value is -1.60. The van der Waals surface area contributed by atoms with Crippen LogP contribution in [0.5, 0.6) is 0 Å². The van der Waals surface area contributed by atoms with Crippen molar-refractivity contribution < 1.29 is 4.79 Å². The largest absolute Gasteiger partial charge is 0.308 e. The van der Waals surface area contributed by atoms with Crippen molar-refractivity contribution in [3.63, 3.8) is 0 Å². The van der Waals surface area contributed by atoms with Gasteiger partial charge in [0.05, 0.1) is 11.1 Å². The van der Waals surface area contributed by atoms with E-state index in [1.165, 1.54) is 6.20 Å². The number of hydrogen-bond donors (Lipinski definition) is 1. The van der Waals surface area contributed by atoms with Gasteiger partial charge in [0.1, 0.15) is 5.41 Å². The van der Waals surface area contributed by atoms with Gasteiger partial charge in [-0.3, -0.25) is 4.79 Å². The number of nitriles is 1. The van der Waals surface area contributed by atoms with E-state index >= 15 is 0 Å². The van der Waals surface area contributed by atoms with Gasteiger partial charge in [0.2, 0.25) is 5.91 Å². The van der Waals surface area contributed by atoms with Crippen LogP contribution in [0.15, 0.2) is 18.3 Å². The quantitative estimate of drug-likeness (QED) is 0.895. The Balaban J connectivity index is 2.93. The van der Waals surface area contributed by atoms with E-state index in [0.29, 0.717) is 23.7 Å². The van der Waals surface area contributed by atoms with E-state index in [9.17, 15) is 4.79 Å². The molecule has 4 nitrogen and oxygen atoms in total. The Morgan fingerprint density at radius 2 is 2.24 bits per heavy atom. The highest BCUT2D eigenvalue weighted by molar-refractivity contribution is 6.33. The van der Waals surface area contributed by atoms with Crippen LogP contribution in [-0.2, 0) is 4.79 Å². The highest BCUT2D eigenvalue weighted by atomic mass is 35.5. The molecule has 0 saturated heterocycles. The highest BCUT2D eigenvalue weighted by Gasteiger charge is 2.35. The van der Waals surface area contributed by atoms with Crippen molar-refractivity contribution in [2.24, 2.45) is 5.41 Å². The van der Waals surface area contributed by atoms with Gasteiger partial charge in [-0.1, -0.05) is 25.4 Å². The zero-order valence-electron chi connectivity index (χ0n) is 9.83. The van der Waals surface area contributed by atoms with Crippen molar-refractivity contribution in [2.75, 3.05) is 5.32 Å². The lowest BCUT2D eigenvalue weighted by Gasteiger charge is -2.21. The van der Waals surface area contributed by atoms with Crippen LogP contribution in [0.4, 0.5) is 5.82 Å². The molecule has 1 N–H and O–H groups in total. The van der Waals surface area contributed by atoms with E-state index in [1.54, 1.807) is 12.1 Å². The lowest BCUT2D eigenvalue weighted by atomic mass is 9.83. The maximum atomic E-state index is 12.0. The fraction of sp³-hybridized carbons (Fsp3) is 0.417. The summed E-state index contributed by atoms with van der Waals surface area (Å²) in [5, 5.41) is 12.1. The summed E-state index contributed by atoms with van der Waals surface area (Å²) in [7, 11) is 0. The maximum Gasteiger partial charge on any atom is 0.246 e. The number of aromatic nitrogens is 1. The number of carbonyl (C=O) groups excluding carboxylic acids is 1. The minimum Gasteiger partial charge on any atom is -0.308 e. The first-order chi connectivity index (χ1) is 8.09. The van der Waals surface area contributed by atoms with Gasteiger partial charge >= 0.3 is 0 Å². The topological polar surface area (TPSA) is 65.8 Å². The van der Waals surface area contributed by atoms with Gasteiger partial charge < -0.3 is 5.32 Å². The van der Waals surface area contributed by atoms with Crippen LogP contribution < -0.4 is 5.32 Å². The predicted octanol–water partition coefficient (Wildman–Crippen LogP) is 3.00. The third-order valence-corrected chi connectivity index (χ3v) is 3.15. The minimum atomic E-state index is -1.01. The van der Waals surface area contributed by atoms with Crippen molar-refractivity contribution >= 4 is 23.3 Å². The third-order valence-electron chi connectivity index (χ3n) is 2.85. The fourth-order valence-electron chi connectivity index (χ4n) is 1.48. The molecule has 0 spiro atoms. The van der Waals surface area contributed by atoms with E-state index in [4.69, 9.17) is 16.9 Å². The van der Waals surface area contributed by atoms with Crippen LogP contribution in [0.25, 0.3) is 0 Å². The number of pyridine rings is 1. The first kappa shape index (κ1) is 13.5. The Kier molecular flexibility index (Phi) is 4.47. The van der Waals surface area contributed by atoms with Gasteiger partial charge in [-0.15, -0.1) is 0 Å². The van der Waals surface area contributed by atoms with Crippen LogP contribution in [0.2, 0.25) is 5.02 Å². The Morgan fingerprint density at radius 1 is 1.59 bits per heavy atom. The molecular weight excluding hydrogens is 238 g/mol. The Morgan fingerprint density at radius 3 is 2.71 bits per heavy atom. The SMILES string of the molecule is CCC(C#N)(CC)C(=O)Nc1ncccc1Cl. The van der Waals surface area contributed by atoms with Crippen molar-refractivity contribution in [1.82, 2.24) is 4.98 Å². The molecule has 0 atom stereocenters. The molecule has 0 radical (unpaired) electrons. The van der Waals surface area contributed by atoms with Gasteiger partial charge in [-0.25, -0.2) is 4.98 Å². The van der Waals surface area contributed by atoms with Crippen molar-refractivity contribution in [3.05, 3.63) is 23.4 Å². The van der Waals surface area contributed by atoms with Crippen molar-refractivity contribution in [1.29, 1.82) is 5.26 Å². The summed E-state index contributed by atoms with van der Waals surface area (Å²) >= 11 is 5.89. The van der Waals surface area contributed by atoms with Gasteiger partial charge in [0.25, 0.3) is 0 Å². The molecule has 1 rings (SSSR count). The molecule has 0 aliphatic carbocycles. The number of nitrogens with one attached hydrogen (secondary N) is 1. The molecule has 5 heteroatoms. The molecule has 0 saturated carbocycles. The summed E-state index contributed by atoms with van der Waals surface area (Å²) in [6.07, 6.45) is 2.44. The fourth-order valence-corrected chi connectivity index (χ4v) is 1.65. The van der Waals surface area contributed by atoms with E-state index in [1.807, 2.05) is 13.8 Å². The average molecular weight is 252 g/mol. The molecule has 0 bridgehead atoms. The molecular formula is C12H14ClN3O. The van der Waals surface area contributed by atoms with Gasteiger partial charge in [0, 0.05) is 6.20 Å². The molecule has 1 aromatic heterocycles. The molecule has 1 aromatic rings. The second kappa shape index (κ2) is 5.65. The summed E-state index contributed by atoms with van der Waals surface area (Å²) in [5.41, 5.74) is -1.01. The van der Waals surface area contributed by atoms with Gasteiger partial charge in [-0.2, -0.15) is 5.26 Å². The number of rotatable bonds is 4. The molecule has 1 heterocycles. The number of carbonyl (C=O) groups is 1. The summed E-state index contributed by atoms with van der Waals surface area (Å²) in [5.74, 6) is -0.0636. The Bertz CT molecular complexity index is 449. The van der Waals surface area contributed by atoms with Crippen molar-refractivity contribution in [3.8, 4) is 6.07 Å². The summed E-state index contributed by atoms with van der Waals surface area (Å²) < 4.78 is 0. The lowest BCUT2D eigenvalue weighted by Crippen LogP contribution is -2.34. The molecule has 0 aliphatic rings. The van der Waals surface area contributed by atoms with E-state index in [-0.39, 0.29) is 5.91 Å². The molecule has 17 heavy (non-hydrogen) atoms. The number of halogens is 1. The zero-order valence-corrected chi connectivity index (χ0v) is 10.6. The van der Waals surface area contributed by atoms with Crippen LogP contribution in [-0.4, -0.2) is 10.9 Å². The standard InChI is InChI=1S/C12H14ClN3O/c1-3-12(4-2,8-14)11(17)16-10-9(13)6-5-7-15-10/h5-7H,3-4H2,1-2H3,(H,15,16,17).